The first-order chi connectivity index (χ1) is 5.17. The average molecular weight is 159 g/mol. The quantitative estimate of drug-likeness (QED) is 0.344. The molecule has 0 heterocycles. The van der Waals surface area contributed by atoms with Crippen LogP contribution in [0.5, 0.6) is 0 Å². The molecule has 0 fully saturated rings. The zero-order valence-electron chi connectivity index (χ0n) is 6.68. The minimum atomic E-state index is -0.571. The van der Waals surface area contributed by atoms with E-state index in [-0.39, 0.29) is 12.1 Å². The lowest BCUT2D eigenvalue weighted by molar-refractivity contribution is -0.114. The lowest BCUT2D eigenvalue weighted by Gasteiger charge is -2.08. The van der Waals surface area contributed by atoms with E-state index >= 15 is 0 Å². The molecule has 5 nitrogen and oxygen atoms in total. The second-order valence-corrected chi connectivity index (χ2v) is 1.83. The molecule has 64 valence electrons. The van der Waals surface area contributed by atoms with Gasteiger partial charge in [0.15, 0.2) is 5.88 Å². The maximum Gasteiger partial charge on any atom is 0.251 e. The van der Waals surface area contributed by atoms with Gasteiger partial charge < -0.3 is 21.5 Å². The Balaban J connectivity index is 4.62. The van der Waals surface area contributed by atoms with Gasteiger partial charge in [0.1, 0.15) is 0 Å². The molecule has 0 unspecified atom stereocenters. The summed E-state index contributed by atoms with van der Waals surface area (Å²) in [5, 5.41) is 2.66. The molecule has 5 heteroatoms. The van der Waals surface area contributed by atoms with Gasteiger partial charge in [-0.3, -0.25) is 4.79 Å². The van der Waals surface area contributed by atoms with Crippen molar-refractivity contribution in [2.75, 3.05) is 20.7 Å². The fourth-order valence-corrected chi connectivity index (χ4v) is 0.681. The van der Waals surface area contributed by atoms with Crippen LogP contribution in [0, 0.1) is 0 Å². The Bertz CT molecular complexity index is 171. The van der Waals surface area contributed by atoms with Crippen molar-refractivity contribution in [3.05, 3.63) is 11.5 Å². The summed E-state index contributed by atoms with van der Waals surface area (Å²) in [6.07, 6.45) is 0. The van der Waals surface area contributed by atoms with Gasteiger partial charge in [0.25, 0.3) is 5.91 Å². The zero-order valence-corrected chi connectivity index (χ0v) is 6.68. The molecule has 1 amide bonds. The number of hydrogen-bond acceptors (Lipinski definition) is 4. The van der Waals surface area contributed by atoms with Crippen LogP contribution in [0.2, 0.25) is 0 Å². The maximum atomic E-state index is 10.7. The smallest absolute Gasteiger partial charge is 0.251 e. The van der Waals surface area contributed by atoms with Gasteiger partial charge in [-0.2, -0.15) is 0 Å². The van der Waals surface area contributed by atoms with E-state index in [1.165, 1.54) is 7.11 Å². The van der Waals surface area contributed by atoms with Crippen LogP contribution in [0.1, 0.15) is 0 Å². The molecule has 0 aliphatic carbocycles. The van der Waals surface area contributed by atoms with Crippen LogP contribution in [0.3, 0.4) is 0 Å². The molecule has 0 aromatic rings. The summed E-state index contributed by atoms with van der Waals surface area (Å²) in [7, 11) is 3.06. The summed E-state index contributed by atoms with van der Waals surface area (Å²) >= 11 is 0. The van der Waals surface area contributed by atoms with E-state index in [2.05, 4.69) is 5.32 Å². The first-order valence-electron chi connectivity index (χ1n) is 3.12. The molecule has 0 spiro atoms. The van der Waals surface area contributed by atoms with Crippen LogP contribution in [0.15, 0.2) is 11.5 Å². The molecule has 0 radical (unpaired) electrons. The highest BCUT2D eigenvalue weighted by Gasteiger charge is 2.09. The van der Waals surface area contributed by atoms with Crippen molar-refractivity contribution in [2.45, 2.75) is 0 Å². The van der Waals surface area contributed by atoms with Crippen molar-refractivity contribution in [2.24, 2.45) is 11.5 Å². The number of carbonyl (C=O) groups excluding carboxylic acids is 1. The number of primary amides is 1. The molecule has 0 aliphatic rings. The molecule has 5 N–H and O–H groups in total. The van der Waals surface area contributed by atoms with Gasteiger partial charge >= 0.3 is 0 Å². The summed E-state index contributed by atoms with van der Waals surface area (Å²) in [5.74, 6) is -0.251. The Morgan fingerprint density at radius 1 is 1.64 bits per heavy atom. The largest absolute Gasteiger partial charge is 0.482 e. The summed E-state index contributed by atoms with van der Waals surface area (Å²) < 4.78 is 4.80. The monoisotopic (exact) mass is 159 g/mol. The van der Waals surface area contributed by atoms with Crippen LogP contribution < -0.4 is 16.8 Å². The SMILES string of the molecule is CN/C(OC)=C(/CN)C(N)=O. The molecule has 11 heavy (non-hydrogen) atoms. The molecule has 0 aliphatic heterocycles. The number of nitrogens with one attached hydrogen (secondary N) is 1. The summed E-state index contributed by atoms with van der Waals surface area (Å²) in [4.78, 5) is 10.7. The summed E-state index contributed by atoms with van der Waals surface area (Å²) in [6, 6.07) is 0. The normalized spacial score (nSPS) is 11.9. The molecular weight excluding hydrogens is 146 g/mol. The van der Waals surface area contributed by atoms with E-state index in [0.29, 0.717) is 5.88 Å². The number of amides is 1. The van der Waals surface area contributed by atoms with E-state index in [0.717, 1.165) is 0 Å². The molecule has 0 saturated carbocycles. The number of nitrogens with two attached hydrogens (primary N) is 2. The second-order valence-electron chi connectivity index (χ2n) is 1.83. The lowest BCUT2D eigenvalue weighted by atomic mass is 10.2. The molecule has 0 saturated heterocycles. The predicted molar refractivity (Wildman–Crippen MR) is 41.3 cm³/mol. The van der Waals surface area contributed by atoms with Crippen LogP contribution in [0.4, 0.5) is 0 Å². The Hall–Kier alpha value is -1.23. The fourth-order valence-electron chi connectivity index (χ4n) is 0.681. The molecule has 0 rings (SSSR count). The van der Waals surface area contributed by atoms with Gasteiger partial charge in [-0.15, -0.1) is 0 Å². The number of carbonyl (C=O) groups is 1. The molecule has 0 aromatic heterocycles. The third-order valence-electron chi connectivity index (χ3n) is 1.21. The van der Waals surface area contributed by atoms with Crippen molar-refractivity contribution >= 4 is 5.91 Å². The Kier molecular flexibility index (Phi) is 4.05. The number of ether oxygens (including phenoxy) is 1. The highest BCUT2D eigenvalue weighted by molar-refractivity contribution is 5.92. The Morgan fingerprint density at radius 3 is 2.27 bits per heavy atom. The van der Waals surface area contributed by atoms with Crippen molar-refractivity contribution < 1.29 is 9.53 Å². The van der Waals surface area contributed by atoms with Gasteiger partial charge in [-0.05, 0) is 0 Å². The number of rotatable bonds is 4. The van der Waals surface area contributed by atoms with Crippen molar-refractivity contribution in [3.8, 4) is 0 Å². The zero-order chi connectivity index (χ0) is 8.85. The van der Waals surface area contributed by atoms with Crippen LogP contribution in [-0.2, 0) is 9.53 Å². The van der Waals surface area contributed by atoms with Crippen LogP contribution in [0.25, 0.3) is 0 Å². The highest BCUT2D eigenvalue weighted by Crippen LogP contribution is 1.98. The van der Waals surface area contributed by atoms with Crippen molar-refractivity contribution in [1.29, 1.82) is 0 Å². The Labute approximate surface area is 65.4 Å². The minimum absolute atomic E-state index is 0.0688. The first kappa shape index (κ1) is 9.77. The van der Waals surface area contributed by atoms with E-state index in [9.17, 15) is 4.79 Å². The molecular formula is C6H13N3O2. The summed E-state index contributed by atoms with van der Waals surface area (Å²) in [6.45, 7) is 0.0688. The highest BCUT2D eigenvalue weighted by atomic mass is 16.5. The van der Waals surface area contributed by atoms with Crippen LogP contribution >= 0.6 is 0 Å². The van der Waals surface area contributed by atoms with Crippen molar-refractivity contribution in [3.63, 3.8) is 0 Å². The van der Waals surface area contributed by atoms with Gasteiger partial charge in [-0.1, -0.05) is 0 Å². The second kappa shape index (κ2) is 4.56. The number of methoxy groups -OCH3 is 1. The average Bonchev–Trinajstić information content (AvgIpc) is 1.99. The minimum Gasteiger partial charge on any atom is -0.482 e. The van der Waals surface area contributed by atoms with E-state index in [4.69, 9.17) is 16.2 Å². The van der Waals surface area contributed by atoms with Gasteiger partial charge in [0.2, 0.25) is 0 Å². The standard InChI is InChI=1S/C6H13N3O2/c1-9-6(11-2)4(3-7)5(8)10/h9H,3,7H2,1-2H3,(H2,8,10)/b6-4+. The van der Waals surface area contributed by atoms with Gasteiger partial charge in [0, 0.05) is 13.6 Å². The predicted octanol–water partition coefficient (Wildman–Crippen LogP) is -1.49. The summed E-state index contributed by atoms with van der Waals surface area (Å²) in [5.41, 5.74) is 10.5. The van der Waals surface area contributed by atoms with Gasteiger partial charge in [0.05, 0.1) is 12.7 Å². The van der Waals surface area contributed by atoms with Crippen molar-refractivity contribution in [1.82, 2.24) is 5.32 Å². The van der Waals surface area contributed by atoms with E-state index in [1.54, 1.807) is 7.05 Å². The van der Waals surface area contributed by atoms with Crippen LogP contribution in [-0.4, -0.2) is 26.6 Å². The molecule has 0 aromatic carbocycles. The first-order valence-corrected chi connectivity index (χ1v) is 3.12. The van der Waals surface area contributed by atoms with E-state index in [1.807, 2.05) is 0 Å². The topological polar surface area (TPSA) is 90.4 Å². The van der Waals surface area contributed by atoms with E-state index < -0.39 is 5.91 Å². The number of hydrogen-bond donors (Lipinski definition) is 3. The molecule has 0 atom stereocenters. The third kappa shape index (κ3) is 2.46. The fraction of sp³-hybridized carbons (Fsp3) is 0.500. The van der Waals surface area contributed by atoms with Gasteiger partial charge in [-0.25, -0.2) is 0 Å². The third-order valence-corrected chi connectivity index (χ3v) is 1.21. The lowest BCUT2D eigenvalue weighted by Crippen LogP contribution is -2.26. The Morgan fingerprint density at radius 2 is 2.18 bits per heavy atom. The maximum absolute atomic E-state index is 10.7. The molecule has 0 bridgehead atoms.